The van der Waals surface area contributed by atoms with E-state index in [1.54, 1.807) is 17.8 Å². The Bertz CT molecular complexity index is 1150. The van der Waals surface area contributed by atoms with E-state index in [1.807, 2.05) is 60.8 Å². The Balaban J connectivity index is 1.47. The maximum absolute atomic E-state index is 12.4. The van der Waals surface area contributed by atoms with Crippen LogP contribution in [-0.4, -0.2) is 33.4 Å². The molecular weight excluding hydrogens is 396 g/mol. The van der Waals surface area contributed by atoms with Crippen molar-refractivity contribution in [1.82, 2.24) is 14.6 Å². The molecule has 0 saturated carbocycles. The Kier molecular flexibility index (Phi) is 5.99. The van der Waals surface area contributed by atoms with E-state index < -0.39 is 0 Å². The van der Waals surface area contributed by atoms with Gasteiger partial charge in [0.25, 0.3) is 0 Å². The van der Waals surface area contributed by atoms with Crippen LogP contribution in [0.5, 0.6) is 5.75 Å². The molecule has 1 amide bonds. The fourth-order valence-corrected chi connectivity index (χ4v) is 3.84. The molecule has 0 fully saturated rings. The first kappa shape index (κ1) is 20.0. The van der Waals surface area contributed by atoms with Crippen LogP contribution in [0.4, 0.5) is 5.69 Å². The maximum Gasteiger partial charge on any atom is 0.234 e. The van der Waals surface area contributed by atoms with E-state index in [1.165, 1.54) is 17.3 Å². The topological polar surface area (TPSA) is 68.5 Å². The van der Waals surface area contributed by atoms with E-state index in [0.29, 0.717) is 0 Å². The van der Waals surface area contributed by atoms with Crippen LogP contribution < -0.4 is 10.1 Å². The molecule has 6 nitrogen and oxygen atoms in total. The lowest BCUT2D eigenvalue weighted by atomic mass is 10.1. The Labute approximate surface area is 179 Å². The van der Waals surface area contributed by atoms with Crippen LogP contribution in [0.1, 0.15) is 12.5 Å². The molecular formula is C23H22N4O2S. The van der Waals surface area contributed by atoms with Gasteiger partial charge in [0.2, 0.25) is 5.91 Å². The fourth-order valence-electron chi connectivity index (χ4n) is 3.07. The average molecular weight is 419 g/mol. The number of ether oxygens (including phenoxy) is 1. The number of benzene rings is 2. The number of anilines is 1. The molecule has 2 aromatic carbocycles. The number of hydrogen-bond donors (Lipinski definition) is 1. The molecule has 4 rings (SSSR count). The zero-order chi connectivity index (χ0) is 20.9. The summed E-state index contributed by atoms with van der Waals surface area (Å²) in [5, 5.41) is 8.33. The molecule has 0 saturated heterocycles. The standard InChI is InChI=1S/C23H22N4O2S/c1-3-16-4-8-18(9-5-16)25-22(28)15-30-23-21-14-20(26-27(21)13-12-24-23)17-6-10-19(29-2)11-7-17/h4-14H,3,15H2,1-2H3,(H,25,28). The van der Waals surface area contributed by atoms with Crippen molar-refractivity contribution in [2.24, 2.45) is 0 Å². The van der Waals surface area contributed by atoms with Crippen molar-refractivity contribution in [1.29, 1.82) is 0 Å². The van der Waals surface area contributed by atoms with Gasteiger partial charge in [-0.15, -0.1) is 0 Å². The normalized spacial score (nSPS) is 10.9. The van der Waals surface area contributed by atoms with Gasteiger partial charge < -0.3 is 10.1 Å². The SMILES string of the molecule is CCc1ccc(NC(=O)CSc2nccn3nc(-c4ccc(OC)cc4)cc23)cc1. The lowest BCUT2D eigenvalue weighted by molar-refractivity contribution is -0.113. The third-order valence-corrected chi connectivity index (χ3v) is 5.72. The molecule has 0 radical (unpaired) electrons. The molecule has 1 N–H and O–H groups in total. The van der Waals surface area contributed by atoms with Crippen LogP contribution >= 0.6 is 11.8 Å². The van der Waals surface area contributed by atoms with Gasteiger partial charge in [-0.25, -0.2) is 9.50 Å². The molecule has 2 heterocycles. The van der Waals surface area contributed by atoms with Crippen LogP contribution in [0.3, 0.4) is 0 Å². The number of carbonyl (C=O) groups excluding carboxylic acids is 1. The number of methoxy groups -OCH3 is 1. The lowest BCUT2D eigenvalue weighted by Gasteiger charge is -2.06. The van der Waals surface area contributed by atoms with E-state index in [2.05, 4.69) is 22.3 Å². The van der Waals surface area contributed by atoms with Gasteiger partial charge in [-0.2, -0.15) is 5.10 Å². The number of hydrogen-bond acceptors (Lipinski definition) is 5. The Hall–Kier alpha value is -3.32. The second-order valence-electron chi connectivity index (χ2n) is 6.71. The highest BCUT2D eigenvalue weighted by molar-refractivity contribution is 8.00. The minimum absolute atomic E-state index is 0.0667. The predicted octanol–water partition coefficient (Wildman–Crippen LogP) is 4.70. The van der Waals surface area contributed by atoms with Crippen LogP contribution in [0.2, 0.25) is 0 Å². The second kappa shape index (κ2) is 9.00. The Morgan fingerprint density at radius 3 is 2.60 bits per heavy atom. The molecule has 0 bridgehead atoms. The Morgan fingerprint density at radius 2 is 1.90 bits per heavy atom. The van der Waals surface area contributed by atoms with Crippen LogP contribution in [0, 0.1) is 0 Å². The summed E-state index contributed by atoms with van der Waals surface area (Å²) >= 11 is 1.40. The molecule has 30 heavy (non-hydrogen) atoms. The van der Waals surface area contributed by atoms with E-state index in [0.717, 1.165) is 39.7 Å². The highest BCUT2D eigenvalue weighted by atomic mass is 32.2. The molecule has 4 aromatic rings. The molecule has 0 aliphatic rings. The molecule has 2 aromatic heterocycles. The zero-order valence-electron chi connectivity index (χ0n) is 16.8. The van der Waals surface area contributed by atoms with Crippen molar-refractivity contribution in [3.8, 4) is 17.0 Å². The van der Waals surface area contributed by atoms with Gasteiger partial charge >= 0.3 is 0 Å². The summed E-state index contributed by atoms with van der Waals surface area (Å²) in [6, 6.07) is 17.6. The summed E-state index contributed by atoms with van der Waals surface area (Å²) in [6.45, 7) is 2.11. The predicted molar refractivity (Wildman–Crippen MR) is 120 cm³/mol. The van der Waals surface area contributed by atoms with Crippen molar-refractivity contribution in [2.75, 3.05) is 18.2 Å². The summed E-state index contributed by atoms with van der Waals surface area (Å²) in [7, 11) is 1.64. The van der Waals surface area contributed by atoms with Gasteiger partial charge in [0.05, 0.1) is 24.1 Å². The quantitative estimate of drug-likeness (QED) is 0.441. The Morgan fingerprint density at radius 1 is 1.13 bits per heavy atom. The minimum atomic E-state index is -0.0667. The van der Waals surface area contributed by atoms with Crippen molar-refractivity contribution in [3.63, 3.8) is 0 Å². The highest BCUT2D eigenvalue weighted by Crippen LogP contribution is 2.27. The molecule has 152 valence electrons. The summed E-state index contributed by atoms with van der Waals surface area (Å²) in [4.78, 5) is 16.8. The van der Waals surface area contributed by atoms with Crippen molar-refractivity contribution in [3.05, 3.63) is 72.6 Å². The minimum Gasteiger partial charge on any atom is -0.497 e. The number of nitrogens with zero attached hydrogens (tertiary/aromatic N) is 3. The first-order chi connectivity index (χ1) is 14.7. The van der Waals surface area contributed by atoms with Crippen molar-refractivity contribution >= 4 is 28.9 Å². The number of fused-ring (bicyclic) bond motifs is 1. The van der Waals surface area contributed by atoms with Gasteiger partial charge in [-0.1, -0.05) is 30.8 Å². The maximum atomic E-state index is 12.4. The van der Waals surface area contributed by atoms with Crippen LogP contribution in [-0.2, 0) is 11.2 Å². The smallest absolute Gasteiger partial charge is 0.234 e. The third-order valence-electron chi connectivity index (χ3n) is 4.73. The van der Waals surface area contributed by atoms with Crippen molar-refractivity contribution < 1.29 is 9.53 Å². The number of rotatable bonds is 7. The summed E-state index contributed by atoms with van der Waals surface area (Å²) in [6.07, 6.45) is 4.48. The molecule has 0 aliphatic heterocycles. The summed E-state index contributed by atoms with van der Waals surface area (Å²) < 4.78 is 7.00. The summed E-state index contributed by atoms with van der Waals surface area (Å²) in [5.74, 6) is 1.00. The van der Waals surface area contributed by atoms with Gasteiger partial charge in [-0.3, -0.25) is 4.79 Å². The van der Waals surface area contributed by atoms with Gasteiger partial charge in [-0.05, 0) is 54.4 Å². The molecule has 0 aliphatic carbocycles. The van der Waals surface area contributed by atoms with Gasteiger partial charge in [0.1, 0.15) is 10.8 Å². The number of carbonyl (C=O) groups is 1. The highest BCUT2D eigenvalue weighted by Gasteiger charge is 2.12. The fraction of sp³-hybridized carbons (Fsp3) is 0.174. The van der Waals surface area contributed by atoms with Gasteiger partial charge in [0.15, 0.2) is 0 Å². The molecule has 0 unspecified atom stereocenters. The van der Waals surface area contributed by atoms with E-state index in [4.69, 9.17) is 4.74 Å². The second-order valence-corrected chi connectivity index (χ2v) is 7.67. The van der Waals surface area contributed by atoms with Gasteiger partial charge in [0, 0.05) is 23.6 Å². The van der Waals surface area contributed by atoms with E-state index in [-0.39, 0.29) is 11.7 Å². The first-order valence-corrected chi connectivity index (χ1v) is 10.6. The molecule has 0 atom stereocenters. The monoisotopic (exact) mass is 418 g/mol. The number of aromatic nitrogens is 3. The molecule has 0 spiro atoms. The van der Waals surface area contributed by atoms with Crippen LogP contribution in [0.25, 0.3) is 16.8 Å². The largest absolute Gasteiger partial charge is 0.497 e. The number of nitrogens with one attached hydrogen (secondary N) is 1. The average Bonchev–Trinajstić information content (AvgIpc) is 3.23. The lowest BCUT2D eigenvalue weighted by Crippen LogP contribution is -2.14. The number of amides is 1. The van der Waals surface area contributed by atoms with Crippen LogP contribution in [0.15, 0.2) is 72.0 Å². The number of aryl methyl sites for hydroxylation is 1. The zero-order valence-corrected chi connectivity index (χ0v) is 17.6. The number of thioether (sulfide) groups is 1. The third kappa shape index (κ3) is 4.46. The molecule has 7 heteroatoms. The van der Waals surface area contributed by atoms with E-state index >= 15 is 0 Å². The van der Waals surface area contributed by atoms with Crippen molar-refractivity contribution in [2.45, 2.75) is 18.4 Å². The summed E-state index contributed by atoms with van der Waals surface area (Å²) in [5.41, 5.74) is 4.74. The van der Waals surface area contributed by atoms with E-state index in [9.17, 15) is 4.79 Å². The first-order valence-electron chi connectivity index (χ1n) is 9.66.